The Bertz CT molecular complexity index is 744. The standard InChI is InChI=1S/C16H15N5OS/c22-16(10-11-23-15-4-2-1-3-5-15)18-13-6-8-14(9-7-13)21-12-17-19-20-21/h1-9,12H,10-11H2,(H,18,22). The number of anilines is 1. The molecule has 0 aliphatic rings. The van der Waals surface area contributed by atoms with Crippen molar-refractivity contribution in [2.75, 3.05) is 11.1 Å². The van der Waals surface area contributed by atoms with Crippen molar-refractivity contribution in [3.63, 3.8) is 0 Å². The van der Waals surface area contributed by atoms with E-state index in [-0.39, 0.29) is 5.91 Å². The summed E-state index contributed by atoms with van der Waals surface area (Å²) >= 11 is 1.67. The van der Waals surface area contributed by atoms with Crippen LogP contribution in [0, 0.1) is 0 Å². The highest BCUT2D eigenvalue weighted by atomic mass is 32.2. The molecular formula is C16H15N5OS. The van der Waals surface area contributed by atoms with Crippen LogP contribution in [0.5, 0.6) is 0 Å². The van der Waals surface area contributed by atoms with Crippen LogP contribution in [-0.4, -0.2) is 31.9 Å². The van der Waals surface area contributed by atoms with Gasteiger partial charge in [0, 0.05) is 22.8 Å². The number of hydrogen-bond acceptors (Lipinski definition) is 5. The minimum Gasteiger partial charge on any atom is -0.326 e. The summed E-state index contributed by atoms with van der Waals surface area (Å²) < 4.78 is 1.56. The summed E-state index contributed by atoms with van der Waals surface area (Å²) in [6.07, 6.45) is 1.99. The molecule has 7 heteroatoms. The topological polar surface area (TPSA) is 72.7 Å². The molecule has 0 bridgehead atoms. The van der Waals surface area contributed by atoms with Gasteiger partial charge in [0.2, 0.25) is 5.91 Å². The summed E-state index contributed by atoms with van der Waals surface area (Å²) in [6, 6.07) is 17.4. The fourth-order valence-corrected chi connectivity index (χ4v) is 2.85. The van der Waals surface area contributed by atoms with Crippen molar-refractivity contribution in [1.82, 2.24) is 20.2 Å². The molecule has 3 rings (SSSR count). The fraction of sp³-hybridized carbons (Fsp3) is 0.125. The minimum atomic E-state index is 0.00334. The van der Waals surface area contributed by atoms with Gasteiger partial charge in [0.05, 0.1) is 5.69 Å². The maximum atomic E-state index is 12.0. The van der Waals surface area contributed by atoms with Crippen molar-refractivity contribution in [2.45, 2.75) is 11.3 Å². The van der Waals surface area contributed by atoms with Crippen LogP contribution in [0.15, 0.2) is 65.8 Å². The Hall–Kier alpha value is -2.67. The molecule has 1 N–H and O–H groups in total. The Balaban J connectivity index is 1.48. The smallest absolute Gasteiger partial charge is 0.225 e. The Kier molecular flexibility index (Phi) is 5.00. The van der Waals surface area contributed by atoms with Gasteiger partial charge in [0.25, 0.3) is 0 Å². The van der Waals surface area contributed by atoms with Crippen molar-refractivity contribution in [2.24, 2.45) is 0 Å². The number of aromatic nitrogens is 4. The number of tetrazole rings is 1. The summed E-state index contributed by atoms with van der Waals surface area (Å²) in [4.78, 5) is 13.1. The zero-order chi connectivity index (χ0) is 15.9. The average molecular weight is 325 g/mol. The minimum absolute atomic E-state index is 0.00334. The second-order valence-corrected chi connectivity index (χ2v) is 5.93. The van der Waals surface area contributed by atoms with Crippen LogP contribution in [0.2, 0.25) is 0 Å². The third kappa shape index (κ3) is 4.40. The molecule has 3 aromatic rings. The highest BCUT2D eigenvalue weighted by molar-refractivity contribution is 7.99. The molecule has 0 saturated heterocycles. The number of benzene rings is 2. The lowest BCUT2D eigenvalue weighted by Crippen LogP contribution is -2.12. The largest absolute Gasteiger partial charge is 0.326 e. The Morgan fingerprint density at radius 1 is 1.09 bits per heavy atom. The number of rotatable bonds is 6. The summed E-state index contributed by atoms with van der Waals surface area (Å²) in [5, 5.41) is 13.9. The highest BCUT2D eigenvalue weighted by Crippen LogP contribution is 2.18. The summed E-state index contributed by atoms with van der Waals surface area (Å²) in [6.45, 7) is 0. The van der Waals surface area contributed by atoms with Gasteiger partial charge in [-0.2, -0.15) is 0 Å². The van der Waals surface area contributed by atoms with Gasteiger partial charge in [-0.25, -0.2) is 4.68 Å². The molecule has 0 fully saturated rings. The predicted molar refractivity (Wildman–Crippen MR) is 89.6 cm³/mol. The van der Waals surface area contributed by atoms with Gasteiger partial charge in [-0.15, -0.1) is 16.9 Å². The molecule has 0 spiro atoms. The molecule has 0 aliphatic heterocycles. The first kappa shape index (κ1) is 15.2. The van der Waals surface area contributed by atoms with Crippen LogP contribution in [-0.2, 0) is 4.79 Å². The third-order valence-corrected chi connectivity index (χ3v) is 4.12. The Morgan fingerprint density at radius 3 is 2.57 bits per heavy atom. The SMILES string of the molecule is O=C(CCSc1ccccc1)Nc1ccc(-n2cnnn2)cc1. The zero-order valence-electron chi connectivity index (χ0n) is 12.3. The van der Waals surface area contributed by atoms with E-state index in [2.05, 4.69) is 20.8 Å². The summed E-state index contributed by atoms with van der Waals surface area (Å²) in [5.41, 5.74) is 1.60. The number of carbonyl (C=O) groups excluding carboxylic acids is 1. The van der Waals surface area contributed by atoms with Crippen molar-refractivity contribution in [1.29, 1.82) is 0 Å². The van der Waals surface area contributed by atoms with Gasteiger partial charge < -0.3 is 5.32 Å². The lowest BCUT2D eigenvalue weighted by Gasteiger charge is -2.06. The molecule has 0 aliphatic carbocycles. The van der Waals surface area contributed by atoms with Gasteiger partial charge in [0.1, 0.15) is 6.33 Å². The monoisotopic (exact) mass is 325 g/mol. The van der Waals surface area contributed by atoms with E-state index in [9.17, 15) is 4.79 Å². The van der Waals surface area contributed by atoms with Gasteiger partial charge in [0.15, 0.2) is 0 Å². The van der Waals surface area contributed by atoms with Crippen LogP contribution in [0.25, 0.3) is 5.69 Å². The van der Waals surface area contributed by atoms with Gasteiger partial charge >= 0.3 is 0 Å². The number of carbonyl (C=O) groups is 1. The van der Waals surface area contributed by atoms with Gasteiger partial charge in [-0.3, -0.25) is 4.79 Å². The third-order valence-electron chi connectivity index (χ3n) is 3.11. The van der Waals surface area contributed by atoms with Crippen molar-refractivity contribution >= 4 is 23.4 Å². The molecule has 2 aromatic carbocycles. The van der Waals surface area contributed by atoms with Crippen molar-refractivity contribution in [3.05, 3.63) is 60.9 Å². The number of amides is 1. The highest BCUT2D eigenvalue weighted by Gasteiger charge is 2.04. The van der Waals surface area contributed by atoms with Crippen LogP contribution in [0.1, 0.15) is 6.42 Å². The van der Waals surface area contributed by atoms with E-state index >= 15 is 0 Å². The molecule has 0 atom stereocenters. The first-order chi connectivity index (χ1) is 11.3. The van der Waals surface area contributed by atoms with E-state index in [1.54, 1.807) is 16.4 Å². The average Bonchev–Trinajstić information content (AvgIpc) is 3.11. The fourth-order valence-electron chi connectivity index (χ4n) is 1.98. The van der Waals surface area contributed by atoms with E-state index < -0.39 is 0 Å². The number of thioether (sulfide) groups is 1. The zero-order valence-corrected chi connectivity index (χ0v) is 13.1. The Labute approximate surface area is 137 Å². The molecule has 6 nitrogen and oxygen atoms in total. The Morgan fingerprint density at radius 2 is 1.87 bits per heavy atom. The number of nitrogens with zero attached hydrogens (tertiary/aromatic N) is 4. The normalized spacial score (nSPS) is 10.4. The van der Waals surface area contributed by atoms with Crippen molar-refractivity contribution in [3.8, 4) is 5.69 Å². The second-order valence-electron chi connectivity index (χ2n) is 4.76. The second kappa shape index (κ2) is 7.55. The van der Waals surface area contributed by atoms with Crippen LogP contribution in [0.4, 0.5) is 5.69 Å². The molecule has 1 amide bonds. The maximum absolute atomic E-state index is 12.0. The van der Waals surface area contributed by atoms with E-state index in [1.807, 2.05) is 54.6 Å². The maximum Gasteiger partial charge on any atom is 0.225 e. The molecule has 0 unspecified atom stereocenters. The molecule has 0 saturated carbocycles. The number of nitrogens with one attached hydrogen (secondary N) is 1. The first-order valence-corrected chi connectivity index (χ1v) is 8.11. The molecule has 0 radical (unpaired) electrons. The quantitative estimate of drug-likeness (QED) is 0.706. The molecular weight excluding hydrogens is 310 g/mol. The molecule has 23 heavy (non-hydrogen) atoms. The number of hydrogen-bond donors (Lipinski definition) is 1. The lowest BCUT2D eigenvalue weighted by atomic mass is 10.2. The summed E-state index contributed by atoms with van der Waals surface area (Å²) in [5.74, 6) is 0.752. The van der Waals surface area contributed by atoms with Crippen LogP contribution >= 0.6 is 11.8 Å². The van der Waals surface area contributed by atoms with Crippen LogP contribution in [0.3, 0.4) is 0 Å². The van der Waals surface area contributed by atoms with Gasteiger partial charge in [-0.1, -0.05) is 18.2 Å². The van der Waals surface area contributed by atoms with Crippen molar-refractivity contribution < 1.29 is 4.79 Å². The van der Waals surface area contributed by atoms with Gasteiger partial charge in [-0.05, 0) is 46.8 Å². The van der Waals surface area contributed by atoms with E-state index in [0.717, 1.165) is 17.1 Å². The van der Waals surface area contributed by atoms with E-state index in [4.69, 9.17) is 0 Å². The van der Waals surface area contributed by atoms with E-state index in [1.165, 1.54) is 11.2 Å². The molecule has 116 valence electrons. The van der Waals surface area contributed by atoms with Crippen LogP contribution < -0.4 is 5.32 Å². The summed E-state index contributed by atoms with van der Waals surface area (Å²) in [7, 11) is 0. The molecule has 1 heterocycles. The van der Waals surface area contributed by atoms with E-state index in [0.29, 0.717) is 6.42 Å². The predicted octanol–water partition coefficient (Wildman–Crippen LogP) is 2.78. The first-order valence-electron chi connectivity index (χ1n) is 7.12. The molecule has 1 aromatic heterocycles. The lowest BCUT2D eigenvalue weighted by molar-refractivity contribution is -0.115.